The van der Waals surface area contributed by atoms with Crippen LogP contribution >= 0.6 is 11.3 Å². The molecule has 128 valence electrons. The van der Waals surface area contributed by atoms with E-state index in [0.29, 0.717) is 13.0 Å². The Hall–Kier alpha value is -1.66. The number of rotatable bonds is 4. The van der Waals surface area contributed by atoms with Gasteiger partial charge in [0.05, 0.1) is 12.2 Å². The Morgan fingerprint density at radius 2 is 2.21 bits per heavy atom. The standard InChI is InChI=1S/C18H23N3O2S/c1-13-16(14(2)23-19-13)10-21-12-18(8-17(21)22)5-6-20(11-18)9-15-4-3-7-24-15/h3-4,7H,5-6,8-12H2,1-2H3/t18-/m1/s1. The molecule has 0 radical (unpaired) electrons. The summed E-state index contributed by atoms with van der Waals surface area (Å²) in [4.78, 5) is 18.5. The Morgan fingerprint density at radius 1 is 1.33 bits per heavy atom. The third-order valence-corrected chi connectivity index (χ3v) is 6.27. The van der Waals surface area contributed by atoms with Gasteiger partial charge in [-0.3, -0.25) is 9.69 Å². The van der Waals surface area contributed by atoms with Gasteiger partial charge in [0.2, 0.25) is 5.91 Å². The Kier molecular flexibility index (Phi) is 3.96. The molecule has 2 aliphatic rings. The van der Waals surface area contributed by atoms with Crippen LogP contribution in [-0.2, 0) is 17.9 Å². The SMILES string of the molecule is Cc1noc(C)c1CN1C[C@]2(CCN(Cc3cccs3)C2)CC1=O. The molecule has 6 heteroatoms. The highest BCUT2D eigenvalue weighted by Crippen LogP contribution is 2.41. The fourth-order valence-corrected chi connectivity index (χ4v) is 4.85. The summed E-state index contributed by atoms with van der Waals surface area (Å²) in [6.07, 6.45) is 1.79. The number of nitrogens with zero attached hydrogens (tertiary/aromatic N) is 3. The summed E-state index contributed by atoms with van der Waals surface area (Å²) in [5.41, 5.74) is 2.09. The van der Waals surface area contributed by atoms with Crippen molar-refractivity contribution < 1.29 is 9.32 Å². The van der Waals surface area contributed by atoms with E-state index in [2.05, 4.69) is 27.6 Å². The number of carbonyl (C=O) groups excluding carboxylic acids is 1. The van der Waals surface area contributed by atoms with Gasteiger partial charge in [0.15, 0.2) is 0 Å². The zero-order valence-corrected chi connectivity index (χ0v) is 15.1. The Balaban J connectivity index is 1.42. The molecule has 5 nitrogen and oxygen atoms in total. The average molecular weight is 345 g/mol. The van der Waals surface area contributed by atoms with Crippen molar-refractivity contribution in [2.45, 2.75) is 39.8 Å². The first-order valence-corrected chi connectivity index (χ1v) is 9.37. The van der Waals surface area contributed by atoms with Gasteiger partial charge in [0.25, 0.3) is 0 Å². The van der Waals surface area contributed by atoms with Crippen molar-refractivity contribution in [3.05, 3.63) is 39.4 Å². The van der Waals surface area contributed by atoms with Crippen molar-refractivity contribution in [3.63, 3.8) is 0 Å². The third-order valence-electron chi connectivity index (χ3n) is 5.41. The minimum atomic E-state index is 0.132. The van der Waals surface area contributed by atoms with Crippen LogP contribution < -0.4 is 0 Å². The van der Waals surface area contributed by atoms with Crippen molar-refractivity contribution in [1.82, 2.24) is 15.0 Å². The van der Waals surface area contributed by atoms with Crippen molar-refractivity contribution in [3.8, 4) is 0 Å². The highest BCUT2D eigenvalue weighted by atomic mass is 32.1. The lowest BCUT2D eigenvalue weighted by Gasteiger charge is -2.24. The lowest BCUT2D eigenvalue weighted by molar-refractivity contribution is -0.128. The van der Waals surface area contributed by atoms with Gasteiger partial charge in [-0.2, -0.15) is 0 Å². The van der Waals surface area contributed by atoms with E-state index in [9.17, 15) is 4.79 Å². The monoisotopic (exact) mass is 345 g/mol. The quantitative estimate of drug-likeness (QED) is 0.855. The molecule has 0 N–H and O–H groups in total. The molecule has 0 saturated carbocycles. The van der Waals surface area contributed by atoms with Crippen molar-refractivity contribution >= 4 is 17.2 Å². The molecule has 0 aliphatic carbocycles. The lowest BCUT2D eigenvalue weighted by Crippen LogP contribution is -2.31. The summed E-state index contributed by atoms with van der Waals surface area (Å²) in [7, 11) is 0. The van der Waals surface area contributed by atoms with Gasteiger partial charge in [0, 0.05) is 41.9 Å². The molecule has 1 amide bonds. The normalized spacial score (nSPS) is 24.6. The van der Waals surface area contributed by atoms with Crippen molar-refractivity contribution in [1.29, 1.82) is 0 Å². The number of hydrogen-bond donors (Lipinski definition) is 0. The molecule has 0 aromatic carbocycles. The second-order valence-corrected chi connectivity index (χ2v) is 8.30. The topological polar surface area (TPSA) is 49.6 Å². The number of hydrogen-bond acceptors (Lipinski definition) is 5. The molecule has 2 aliphatic heterocycles. The van der Waals surface area contributed by atoms with Crippen LogP contribution in [0.1, 0.15) is 34.7 Å². The molecule has 2 aromatic rings. The minimum Gasteiger partial charge on any atom is -0.361 e. The molecule has 4 heterocycles. The summed E-state index contributed by atoms with van der Waals surface area (Å²) in [5.74, 6) is 1.10. The average Bonchev–Trinajstić information content (AvgIpc) is 3.30. The number of amides is 1. The first-order chi connectivity index (χ1) is 11.5. The van der Waals surface area contributed by atoms with Gasteiger partial charge in [-0.25, -0.2) is 0 Å². The predicted octanol–water partition coefficient (Wildman–Crippen LogP) is 2.98. The maximum absolute atomic E-state index is 12.6. The van der Waals surface area contributed by atoms with Gasteiger partial charge in [-0.15, -0.1) is 11.3 Å². The number of aromatic nitrogens is 1. The minimum absolute atomic E-state index is 0.132. The van der Waals surface area contributed by atoms with E-state index < -0.39 is 0 Å². The second kappa shape index (κ2) is 6.01. The third kappa shape index (κ3) is 2.89. The molecule has 4 rings (SSSR count). The van der Waals surface area contributed by atoms with Crippen LogP contribution in [0.2, 0.25) is 0 Å². The van der Waals surface area contributed by atoms with E-state index in [1.807, 2.05) is 30.1 Å². The van der Waals surface area contributed by atoms with E-state index in [4.69, 9.17) is 4.52 Å². The molecule has 24 heavy (non-hydrogen) atoms. The van der Waals surface area contributed by atoms with E-state index in [1.165, 1.54) is 4.88 Å². The molecule has 0 bridgehead atoms. The van der Waals surface area contributed by atoms with Crippen LogP contribution in [0.5, 0.6) is 0 Å². The Morgan fingerprint density at radius 3 is 2.92 bits per heavy atom. The summed E-state index contributed by atoms with van der Waals surface area (Å²) in [6, 6.07) is 4.30. The summed E-state index contributed by atoms with van der Waals surface area (Å²) in [5, 5.41) is 6.14. The summed E-state index contributed by atoms with van der Waals surface area (Å²) in [6.45, 7) is 8.48. The van der Waals surface area contributed by atoms with Gasteiger partial charge < -0.3 is 9.42 Å². The number of thiophene rings is 1. The van der Waals surface area contributed by atoms with Crippen LogP contribution in [0, 0.1) is 19.3 Å². The van der Waals surface area contributed by atoms with Gasteiger partial charge >= 0.3 is 0 Å². The van der Waals surface area contributed by atoms with Crippen molar-refractivity contribution in [2.75, 3.05) is 19.6 Å². The van der Waals surface area contributed by atoms with Gasteiger partial charge in [-0.05, 0) is 38.3 Å². The van der Waals surface area contributed by atoms with Gasteiger partial charge in [-0.1, -0.05) is 11.2 Å². The van der Waals surface area contributed by atoms with Crippen LogP contribution in [0.4, 0.5) is 0 Å². The number of aryl methyl sites for hydroxylation is 2. The van der Waals surface area contributed by atoms with Crippen LogP contribution in [0.15, 0.2) is 22.0 Å². The molecular weight excluding hydrogens is 322 g/mol. The van der Waals surface area contributed by atoms with E-state index >= 15 is 0 Å². The summed E-state index contributed by atoms with van der Waals surface area (Å²) >= 11 is 1.81. The lowest BCUT2D eigenvalue weighted by atomic mass is 9.86. The highest BCUT2D eigenvalue weighted by molar-refractivity contribution is 7.09. The zero-order chi connectivity index (χ0) is 16.7. The number of carbonyl (C=O) groups is 1. The fraction of sp³-hybridized carbons (Fsp3) is 0.556. The van der Waals surface area contributed by atoms with E-state index in [0.717, 1.165) is 49.6 Å². The van der Waals surface area contributed by atoms with Crippen LogP contribution in [0.3, 0.4) is 0 Å². The molecule has 2 saturated heterocycles. The smallest absolute Gasteiger partial charge is 0.223 e. The van der Waals surface area contributed by atoms with E-state index in [1.54, 1.807) is 0 Å². The first-order valence-electron chi connectivity index (χ1n) is 8.49. The first kappa shape index (κ1) is 15.8. The molecular formula is C18H23N3O2S. The largest absolute Gasteiger partial charge is 0.361 e. The van der Waals surface area contributed by atoms with E-state index in [-0.39, 0.29) is 11.3 Å². The molecule has 1 atom stereocenters. The molecule has 1 spiro atoms. The fourth-order valence-electron chi connectivity index (χ4n) is 4.10. The maximum atomic E-state index is 12.6. The highest BCUT2D eigenvalue weighted by Gasteiger charge is 2.47. The Bertz CT molecular complexity index is 720. The Labute approximate surface area is 146 Å². The van der Waals surface area contributed by atoms with Crippen LogP contribution in [0.25, 0.3) is 0 Å². The maximum Gasteiger partial charge on any atom is 0.223 e. The zero-order valence-electron chi connectivity index (χ0n) is 14.2. The molecule has 0 unspecified atom stereocenters. The molecule has 2 aromatic heterocycles. The van der Waals surface area contributed by atoms with Crippen LogP contribution in [-0.4, -0.2) is 40.5 Å². The molecule has 2 fully saturated rings. The predicted molar refractivity (Wildman–Crippen MR) is 92.7 cm³/mol. The van der Waals surface area contributed by atoms with Gasteiger partial charge in [0.1, 0.15) is 5.76 Å². The summed E-state index contributed by atoms with van der Waals surface area (Å²) < 4.78 is 5.24. The second-order valence-electron chi connectivity index (χ2n) is 7.27. The van der Waals surface area contributed by atoms with Crippen molar-refractivity contribution in [2.24, 2.45) is 5.41 Å². The number of likely N-dealkylation sites (tertiary alicyclic amines) is 2.